The van der Waals surface area contributed by atoms with Crippen LogP contribution in [0.3, 0.4) is 0 Å². The van der Waals surface area contributed by atoms with Crippen LogP contribution in [0.1, 0.15) is 39.9 Å². The molecule has 0 fully saturated rings. The predicted molar refractivity (Wildman–Crippen MR) is 101 cm³/mol. The van der Waals surface area contributed by atoms with E-state index < -0.39 is 0 Å². The second kappa shape index (κ2) is 6.40. The SMILES string of the molecule is COC(=O)c1cccc2c1N[C@H](c1ccc(Cl)cc1Cl)[C@H]1CC=C[C@H]21. The average molecular weight is 374 g/mol. The van der Waals surface area contributed by atoms with Crippen LogP contribution in [0.15, 0.2) is 48.6 Å². The number of anilines is 1. The van der Waals surface area contributed by atoms with Crippen molar-refractivity contribution in [3.05, 3.63) is 75.3 Å². The Bertz CT molecular complexity index is 878. The second-order valence-corrected chi connectivity index (χ2v) is 7.25. The average Bonchev–Trinajstić information content (AvgIpc) is 3.10. The highest BCUT2D eigenvalue weighted by Crippen LogP contribution is 2.51. The van der Waals surface area contributed by atoms with Crippen LogP contribution >= 0.6 is 23.2 Å². The summed E-state index contributed by atoms with van der Waals surface area (Å²) < 4.78 is 4.95. The molecule has 0 saturated carbocycles. The third-order valence-electron chi connectivity index (χ3n) is 5.10. The maximum absolute atomic E-state index is 12.2. The van der Waals surface area contributed by atoms with Crippen LogP contribution in [0, 0.1) is 5.92 Å². The first-order valence-corrected chi connectivity index (χ1v) is 8.95. The van der Waals surface area contributed by atoms with Crippen LogP contribution in [0.4, 0.5) is 5.69 Å². The third kappa shape index (κ3) is 2.72. The van der Waals surface area contributed by atoms with Gasteiger partial charge in [0.1, 0.15) is 0 Å². The minimum atomic E-state index is -0.342. The zero-order valence-electron chi connectivity index (χ0n) is 13.6. The number of nitrogens with one attached hydrogen (secondary N) is 1. The highest BCUT2D eigenvalue weighted by molar-refractivity contribution is 6.35. The monoisotopic (exact) mass is 373 g/mol. The summed E-state index contributed by atoms with van der Waals surface area (Å²) in [5, 5.41) is 4.81. The van der Waals surface area contributed by atoms with Crippen molar-refractivity contribution in [1.29, 1.82) is 0 Å². The molecular weight excluding hydrogens is 357 g/mol. The Morgan fingerprint density at radius 1 is 1.20 bits per heavy atom. The van der Waals surface area contributed by atoms with Crippen LogP contribution in [-0.4, -0.2) is 13.1 Å². The standard InChI is InChI=1S/C20H17Cl2NO2/c1-25-20(24)16-7-3-6-14-12-4-2-5-13(12)18(23-19(14)16)15-9-8-11(21)10-17(15)22/h2-4,6-10,12-13,18,23H,5H2,1H3/t12-,13-,18-/m0/s1. The molecule has 3 nitrogen and oxygen atoms in total. The number of carbonyl (C=O) groups is 1. The van der Waals surface area contributed by atoms with Gasteiger partial charge in [0.05, 0.1) is 24.4 Å². The number of esters is 1. The van der Waals surface area contributed by atoms with Gasteiger partial charge in [0, 0.05) is 16.0 Å². The van der Waals surface area contributed by atoms with Crippen LogP contribution in [0.5, 0.6) is 0 Å². The molecule has 5 heteroatoms. The molecule has 0 spiro atoms. The van der Waals surface area contributed by atoms with Gasteiger partial charge in [0.25, 0.3) is 0 Å². The Kier molecular flexibility index (Phi) is 4.22. The van der Waals surface area contributed by atoms with E-state index in [0.29, 0.717) is 21.5 Å². The number of halogens is 2. The maximum atomic E-state index is 12.2. The van der Waals surface area contributed by atoms with E-state index in [1.54, 1.807) is 12.1 Å². The summed E-state index contributed by atoms with van der Waals surface area (Å²) in [4.78, 5) is 12.2. The van der Waals surface area contributed by atoms with Gasteiger partial charge in [-0.05, 0) is 41.7 Å². The topological polar surface area (TPSA) is 38.3 Å². The molecule has 25 heavy (non-hydrogen) atoms. The number of allylic oxidation sites excluding steroid dienone is 2. The smallest absolute Gasteiger partial charge is 0.339 e. The fourth-order valence-corrected chi connectivity index (χ4v) is 4.49. The summed E-state index contributed by atoms with van der Waals surface area (Å²) in [6.45, 7) is 0. The summed E-state index contributed by atoms with van der Waals surface area (Å²) in [5.41, 5.74) is 3.50. The van der Waals surface area contributed by atoms with E-state index in [-0.39, 0.29) is 17.9 Å². The summed E-state index contributed by atoms with van der Waals surface area (Å²) in [7, 11) is 1.40. The molecule has 2 aliphatic rings. The fraction of sp³-hybridized carbons (Fsp3) is 0.250. The number of carbonyl (C=O) groups excluding carboxylic acids is 1. The largest absolute Gasteiger partial charge is 0.465 e. The van der Waals surface area contributed by atoms with Gasteiger partial charge in [0.15, 0.2) is 0 Å². The number of methoxy groups -OCH3 is 1. The molecule has 4 rings (SSSR count). The Morgan fingerprint density at radius 2 is 2.04 bits per heavy atom. The van der Waals surface area contributed by atoms with Crippen molar-refractivity contribution in [2.45, 2.75) is 18.4 Å². The first-order chi connectivity index (χ1) is 12.1. The normalized spacial score (nSPS) is 23.6. The molecule has 0 bridgehead atoms. The van der Waals surface area contributed by atoms with E-state index in [1.807, 2.05) is 18.2 Å². The van der Waals surface area contributed by atoms with E-state index in [1.165, 1.54) is 7.11 Å². The van der Waals surface area contributed by atoms with Crippen molar-refractivity contribution in [1.82, 2.24) is 0 Å². The molecule has 0 radical (unpaired) electrons. The molecule has 0 unspecified atom stereocenters. The van der Waals surface area contributed by atoms with Crippen LogP contribution in [-0.2, 0) is 4.74 Å². The molecule has 0 saturated heterocycles. The number of benzene rings is 2. The maximum Gasteiger partial charge on any atom is 0.339 e. The molecule has 2 aromatic rings. The lowest BCUT2D eigenvalue weighted by Crippen LogP contribution is -2.30. The fourth-order valence-electron chi connectivity index (χ4n) is 3.96. The molecule has 2 aromatic carbocycles. The van der Waals surface area contributed by atoms with Crippen molar-refractivity contribution in [3.8, 4) is 0 Å². The molecular formula is C20H17Cl2NO2. The van der Waals surface area contributed by atoms with E-state index in [0.717, 1.165) is 23.2 Å². The summed E-state index contributed by atoms with van der Waals surface area (Å²) in [6.07, 6.45) is 5.39. The number of fused-ring (bicyclic) bond motifs is 3. The number of ether oxygens (including phenoxy) is 1. The Balaban J connectivity index is 1.84. The van der Waals surface area contributed by atoms with Gasteiger partial charge in [0.2, 0.25) is 0 Å². The van der Waals surface area contributed by atoms with Gasteiger partial charge in [-0.2, -0.15) is 0 Å². The van der Waals surface area contributed by atoms with E-state index in [2.05, 4.69) is 23.5 Å². The Hall–Kier alpha value is -1.97. The lowest BCUT2D eigenvalue weighted by molar-refractivity contribution is 0.0601. The summed E-state index contributed by atoms with van der Waals surface area (Å²) in [5.74, 6) is 0.252. The van der Waals surface area contributed by atoms with E-state index in [4.69, 9.17) is 27.9 Å². The van der Waals surface area contributed by atoms with Crippen LogP contribution in [0.25, 0.3) is 0 Å². The third-order valence-corrected chi connectivity index (χ3v) is 5.66. The molecule has 0 amide bonds. The van der Waals surface area contributed by atoms with Crippen molar-refractivity contribution in [2.75, 3.05) is 12.4 Å². The Labute approximate surface area is 156 Å². The van der Waals surface area contributed by atoms with Crippen molar-refractivity contribution in [2.24, 2.45) is 5.92 Å². The van der Waals surface area contributed by atoms with Gasteiger partial charge in [-0.3, -0.25) is 0 Å². The zero-order valence-corrected chi connectivity index (χ0v) is 15.1. The minimum Gasteiger partial charge on any atom is -0.465 e. The number of rotatable bonds is 2. The molecule has 128 valence electrons. The van der Waals surface area contributed by atoms with E-state index >= 15 is 0 Å². The van der Waals surface area contributed by atoms with Crippen molar-refractivity contribution >= 4 is 34.9 Å². The van der Waals surface area contributed by atoms with Gasteiger partial charge in [-0.15, -0.1) is 0 Å². The molecule has 1 N–H and O–H groups in total. The van der Waals surface area contributed by atoms with Crippen LogP contribution < -0.4 is 5.32 Å². The lowest BCUT2D eigenvalue weighted by Gasteiger charge is -2.38. The van der Waals surface area contributed by atoms with Crippen LogP contribution in [0.2, 0.25) is 10.0 Å². The zero-order chi connectivity index (χ0) is 17.6. The van der Waals surface area contributed by atoms with Gasteiger partial charge < -0.3 is 10.1 Å². The molecule has 0 aromatic heterocycles. The first-order valence-electron chi connectivity index (χ1n) is 8.19. The van der Waals surface area contributed by atoms with Gasteiger partial charge in [-0.1, -0.05) is 53.6 Å². The second-order valence-electron chi connectivity index (χ2n) is 6.40. The minimum absolute atomic E-state index is 0.00285. The van der Waals surface area contributed by atoms with Crippen molar-refractivity contribution < 1.29 is 9.53 Å². The first kappa shape index (κ1) is 16.5. The van der Waals surface area contributed by atoms with Crippen molar-refractivity contribution in [3.63, 3.8) is 0 Å². The predicted octanol–water partition coefficient (Wildman–Crippen LogP) is 5.61. The van der Waals surface area contributed by atoms with Gasteiger partial charge >= 0.3 is 5.97 Å². The number of hydrogen-bond donors (Lipinski definition) is 1. The highest BCUT2D eigenvalue weighted by Gasteiger charge is 2.40. The molecule has 1 aliphatic carbocycles. The number of hydrogen-bond acceptors (Lipinski definition) is 3. The summed E-state index contributed by atoms with van der Waals surface area (Å²) in [6, 6.07) is 11.3. The molecule has 3 atom stereocenters. The lowest BCUT2D eigenvalue weighted by atomic mass is 9.76. The van der Waals surface area contributed by atoms with Gasteiger partial charge in [-0.25, -0.2) is 4.79 Å². The summed E-state index contributed by atoms with van der Waals surface area (Å²) >= 11 is 12.5. The number of para-hydroxylation sites is 1. The molecule has 1 aliphatic heterocycles. The highest BCUT2D eigenvalue weighted by atomic mass is 35.5. The quantitative estimate of drug-likeness (QED) is 0.549. The van der Waals surface area contributed by atoms with E-state index in [9.17, 15) is 4.79 Å². The Morgan fingerprint density at radius 3 is 2.80 bits per heavy atom. The molecule has 1 heterocycles.